The van der Waals surface area contributed by atoms with Crippen LogP contribution in [0.2, 0.25) is 0 Å². The number of hydrogen-bond donors (Lipinski definition) is 1. The highest BCUT2D eigenvalue weighted by Crippen LogP contribution is 2.12. The molecule has 0 spiro atoms. The van der Waals surface area contributed by atoms with Crippen molar-refractivity contribution in [1.29, 1.82) is 0 Å². The summed E-state index contributed by atoms with van der Waals surface area (Å²) >= 11 is 1.28. The molecule has 0 radical (unpaired) electrons. The number of fused-ring (bicyclic) bond motifs is 1. The summed E-state index contributed by atoms with van der Waals surface area (Å²) in [4.78, 5) is 22.0. The predicted octanol–water partition coefficient (Wildman–Crippen LogP) is 0.328. The molecule has 0 saturated heterocycles. The van der Waals surface area contributed by atoms with Gasteiger partial charge in [-0.1, -0.05) is 5.21 Å². The maximum absolute atomic E-state index is 11.7. The van der Waals surface area contributed by atoms with Crippen molar-refractivity contribution in [2.75, 3.05) is 0 Å². The van der Waals surface area contributed by atoms with Crippen LogP contribution in [0.25, 0.3) is 10.2 Å². The van der Waals surface area contributed by atoms with Crippen LogP contribution in [0.15, 0.2) is 16.2 Å². The molecular weight excluding hydrogens is 218 g/mol. The molecule has 7 heteroatoms. The Bertz CT molecular complexity index is 560. The number of nitrogens with zero attached hydrogens (tertiary/aromatic N) is 3. The van der Waals surface area contributed by atoms with Crippen molar-refractivity contribution in [3.8, 4) is 0 Å². The molecule has 0 aliphatic rings. The van der Waals surface area contributed by atoms with Crippen LogP contribution in [0.4, 0.5) is 0 Å². The molecule has 0 saturated carbocycles. The fourth-order valence-corrected chi connectivity index (χ4v) is 1.92. The van der Waals surface area contributed by atoms with Gasteiger partial charge >= 0.3 is 5.97 Å². The lowest BCUT2D eigenvalue weighted by molar-refractivity contribution is -0.137. The summed E-state index contributed by atoms with van der Waals surface area (Å²) in [7, 11) is 0. The normalized spacial score (nSPS) is 10.7. The quantitative estimate of drug-likeness (QED) is 0.813. The summed E-state index contributed by atoms with van der Waals surface area (Å²) in [5.41, 5.74) is 0.271. The molecule has 2 aromatic rings. The minimum atomic E-state index is -0.963. The van der Waals surface area contributed by atoms with Gasteiger partial charge in [-0.15, -0.1) is 16.4 Å². The molecule has 2 rings (SSSR count). The fourth-order valence-electron chi connectivity index (χ4n) is 1.15. The van der Waals surface area contributed by atoms with Gasteiger partial charge in [0.15, 0.2) is 0 Å². The number of carboxylic acids is 1. The predicted molar refractivity (Wildman–Crippen MR) is 53.9 cm³/mol. The number of aromatic nitrogens is 3. The van der Waals surface area contributed by atoms with E-state index in [0.29, 0.717) is 10.2 Å². The molecule has 0 atom stereocenters. The van der Waals surface area contributed by atoms with Crippen LogP contribution >= 0.6 is 11.3 Å². The third kappa shape index (κ3) is 1.86. The monoisotopic (exact) mass is 225 g/mol. The van der Waals surface area contributed by atoms with Gasteiger partial charge in [-0.05, 0) is 11.4 Å². The molecule has 2 heterocycles. The number of aliphatic carboxylic acids is 1. The average molecular weight is 225 g/mol. The Morgan fingerprint density at radius 3 is 3.13 bits per heavy atom. The third-order valence-electron chi connectivity index (χ3n) is 1.87. The van der Waals surface area contributed by atoms with Crippen LogP contribution < -0.4 is 5.56 Å². The summed E-state index contributed by atoms with van der Waals surface area (Å²) in [6.45, 7) is 0.0506. The van der Waals surface area contributed by atoms with Crippen LogP contribution in [0.3, 0.4) is 0 Å². The molecule has 78 valence electrons. The summed E-state index contributed by atoms with van der Waals surface area (Å²) in [5, 5.41) is 17.7. The van der Waals surface area contributed by atoms with E-state index in [9.17, 15) is 9.59 Å². The summed E-state index contributed by atoms with van der Waals surface area (Å²) in [5.74, 6) is -0.963. The number of carboxylic acid groups (broad SMARTS) is 1. The highest BCUT2D eigenvalue weighted by atomic mass is 32.1. The third-order valence-corrected chi connectivity index (χ3v) is 2.76. The molecule has 0 aliphatic carbocycles. The van der Waals surface area contributed by atoms with Crippen LogP contribution in [0.5, 0.6) is 0 Å². The second-order valence-electron chi connectivity index (χ2n) is 2.90. The molecule has 0 aliphatic heterocycles. The zero-order chi connectivity index (χ0) is 10.8. The Hall–Kier alpha value is -1.76. The van der Waals surface area contributed by atoms with Gasteiger partial charge in [0.05, 0.1) is 13.0 Å². The Labute approximate surface area is 87.8 Å². The Kier molecular flexibility index (Phi) is 2.46. The first-order valence-corrected chi connectivity index (χ1v) is 5.09. The van der Waals surface area contributed by atoms with Crippen molar-refractivity contribution in [1.82, 2.24) is 15.0 Å². The van der Waals surface area contributed by atoms with Crippen molar-refractivity contribution >= 4 is 27.5 Å². The van der Waals surface area contributed by atoms with Crippen molar-refractivity contribution < 1.29 is 9.90 Å². The van der Waals surface area contributed by atoms with Crippen LogP contribution in [0, 0.1) is 0 Å². The molecule has 0 fully saturated rings. The van der Waals surface area contributed by atoms with Gasteiger partial charge in [0.2, 0.25) is 0 Å². The SMILES string of the molecule is O=C(O)CCn1nnc2ccsc2c1=O. The van der Waals surface area contributed by atoms with Crippen LogP contribution in [-0.4, -0.2) is 26.1 Å². The number of hydrogen-bond acceptors (Lipinski definition) is 5. The van der Waals surface area contributed by atoms with Crippen LogP contribution in [0.1, 0.15) is 6.42 Å². The second-order valence-corrected chi connectivity index (χ2v) is 3.81. The van der Waals surface area contributed by atoms with Crippen LogP contribution in [-0.2, 0) is 11.3 Å². The van der Waals surface area contributed by atoms with Gasteiger partial charge in [-0.25, -0.2) is 4.68 Å². The van der Waals surface area contributed by atoms with Crippen molar-refractivity contribution in [3.63, 3.8) is 0 Å². The number of aryl methyl sites for hydroxylation is 1. The minimum Gasteiger partial charge on any atom is -0.481 e. The zero-order valence-electron chi connectivity index (χ0n) is 7.58. The lowest BCUT2D eigenvalue weighted by atomic mass is 10.4. The van der Waals surface area contributed by atoms with Gasteiger partial charge in [-0.2, -0.15) is 0 Å². The fraction of sp³-hybridized carbons (Fsp3) is 0.250. The van der Waals surface area contributed by atoms with E-state index in [1.165, 1.54) is 11.3 Å². The van der Waals surface area contributed by atoms with E-state index in [2.05, 4.69) is 10.3 Å². The van der Waals surface area contributed by atoms with Gasteiger partial charge in [0.25, 0.3) is 5.56 Å². The van der Waals surface area contributed by atoms with E-state index < -0.39 is 5.97 Å². The van der Waals surface area contributed by atoms with E-state index in [4.69, 9.17) is 5.11 Å². The topological polar surface area (TPSA) is 85.1 Å². The minimum absolute atomic E-state index is 0.0506. The van der Waals surface area contributed by atoms with Gasteiger partial charge in [0.1, 0.15) is 10.2 Å². The lowest BCUT2D eigenvalue weighted by Crippen LogP contribution is -2.24. The average Bonchev–Trinajstić information content (AvgIpc) is 2.65. The smallest absolute Gasteiger partial charge is 0.305 e. The standard InChI is InChI=1S/C8H7N3O3S/c12-6(13)1-3-11-8(14)7-5(9-10-11)2-4-15-7/h2,4H,1,3H2,(H,12,13). The van der Waals surface area contributed by atoms with Gasteiger partial charge in [-0.3, -0.25) is 9.59 Å². The molecule has 15 heavy (non-hydrogen) atoms. The maximum Gasteiger partial charge on any atom is 0.305 e. The highest BCUT2D eigenvalue weighted by molar-refractivity contribution is 7.17. The Morgan fingerprint density at radius 1 is 1.60 bits per heavy atom. The molecule has 1 N–H and O–H groups in total. The molecular formula is C8H7N3O3S. The largest absolute Gasteiger partial charge is 0.481 e. The van der Waals surface area contributed by atoms with Crippen molar-refractivity contribution in [2.45, 2.75) is 13.0 Å². The Balaban J connectivity index is 2.40. The number of thiophene rings is 1. The molecule has 6 nitrogen and oxygen atoms in total. The van der Waals surface area contributed by atoms with Crippen molar-refractivity contribution in [2.24, 2.45) is 0 Å². The number of carbonyl (C=O) groups is 1. The van der Waals surface area contributed by atoms with Gasteiger partial charge in [0, 0.05) is 0 Å². The van der Waals surface area contributed by atoms with Crippen molar-refractivity contribution in [3.05, 3.63) is 21.8 Å². The van der Waals surface area contributed by atoms with E-state index in [1.54, 1.807) is 11.4 Å². The maximum atomic E-state index is 11.7. The highest BCUT2D eigenvalue weighted by Gasteiger charge is 2.07. The lowest BCUT2D eigenvalue weighted by Gasteiger charge is -1.99. The van der Waals surface area contributed by atoms with E-state index >= 15 is 0 Å². The zero-order valence-corrected chi connectivity index (χ0v) is 8.40. The summed E-state index contributed by atoms with van der Waals surface area (Å²) < 4.78 is 1.59. The number of rotatable bonds is 3. The molecule has 0 aromatic carbocycles. The Morgan fingerprint density at radius 2 is 2.40 bits per heavy atom. The van der Waals surface area contributed by atoms with Gasteiger partial charge < -0.3 is 5.11 Å². The molecule has 2 aromatic heterocycles. The van der Waals surface area contributed by atoms with E-state index in [0.717, 1.165) is 4.68 Å². The first-order chi connectivity index (χ1) is 7.18. The summed E-state index contributed by atoms with van der Waals surface area (Å²) in [6.07, 6.45) is -0.133. The van der Waals surface area contributed by atoms with E-state index in [-0.39, 0.29) is 18.5 Å². The second kappa shape index (κ2) is 3.77. The first kappa shape index (κ1) is 9.78. The summed E-state index contributed by atoms with van der Waals surface area (Å²) in [6, 6.07) is 1.70. The molecule has 0 bridgehead atoms. The molecule has 0 unspecified atom stereocenters. The molecule has 0 amide bonds. The first-order valence-electron chi connectivity index (χ1n) is 4.21. The van der Waals surface area contributed by atoms with E-state index in [1.807, 2.05) is 0 Å².